The molecule has 56 heavy (non-hydrogen) atoms. The van der Waals surface area contributed by atoms with Gasteiger partial charge in [0.25, 0.3) is 0 Å². The fraction of sp³-hybridized carbons (Fsp3) is 0.0577. The highest BCUT2D eigenvalue weighted by molar-refractivity contribution is 6.16. The van der Waals surface area contributed by atoms with Gasteiger partial charge in [-0.1, -0.05) is 164 Å². The van der Waals surface area contributed by atoms with Gasteiger partial charge in [-0.15, -0.1) is 0 Å². The van der Waals surface area contributed by atoms with Crippen LogP contribution in [0.5, 0.6) is 0 Å². The summed E-state index contributed by atoms with van der Waals surface area (Å²) in [6, 6.07) is 60.3. The van der Waals surface area contributed by atoms with Gasteiger partial charge < -0.3 is 4.42 Å². The summed E-state index contributed by atoms with van der Waals surface area (Å²) in [6.07, 6.45) is 4.35. The van der Waals surface area contributed by atoms with Gasteiger partial charge in [0.05, 0.1) is 5.41 Å². The van der Waals surface area contributed by atoms with E-state index in [0.717, 1.165) is 57.0 Å². The van der Waals surface area contributed by atoms with Crippen LogP contribution in [-0.4, -0.2) is 15.0 Å². The van der Waals surface area contributed by atoms with E-state index >= 15 is 0 Å². The Kier molecular flexibility index (Phi) is 6.64. The number of furan rings is 1. The molecule has 4 nitrogen and oxygen atoms in total. The minimum atomic E-state index is -0.425. The van der Waals surface area contributed by atoms with Crippen molar-refractivity contribution in [2.75, 3.05) is 0 Å². The van der Waals surface area contributed by atoms with Gasteiger partial charge in [-0.25, -0.2) is 15.0 Å². The van der Waals surface area contributed by atoms with Crippen LogP contribution in [0.4, 0.5) is 0 Å². The van der Waals surface area contributed by atoms with Crippen LogP contribution >= 0.6 is 0 Å². The lowest BCUT2D eigenvalue weighted by Crippen LogP contribution is -2.27. The van der Waals surface area contributed by atoms with Gasteiger partial charge in [0.1, 0.15) is 11.2 Å². The molecule has 0 N–H and O–H groups in total. The third kappa shape index (κ3) is 4.32. The smallest absolute Gasteiger partial charge is 0.164 e. The average molecular weight is 716 g/mol. The Hall–Kier alpha value is -7.17. The molecule has 1 atom stereocenters. The molecule has 3 aliphatic rings. The second kappa shape index (κ2) is 11.9. The summed E-state index contributed by atoms with van der Waals surface area (Å²) in [7, 11) is 0. The van der Waals surface area contributed by atoms with Crippen molar-refractivity contribution >= 4 is 33.1 Å². The molecule has 4 heteroatoms. The maximum absolute atomic E-state index is 6.75. The Morgan fingerprint density at radius 1 is 0.464 bits per heavy atom. The molecule has 0 bridgehead atoms. The van der Waals surface area contributed by atoms with Gasteiger partial charge in [0.15, 0.2) is 17.5 Å². The quantitative estimate of drug-likeness (QED) is 0.182. The lowest BCUT2D eigenvalue weighted by molar-refractivity contribution is 0.668. The minimum absolute atomic E-state index is 0.425. The predicted octanol–water partition coefficient (Wildman–Crippen LogP) is 12.7. The van der Waals surface area contributed by atoms with E-state index in [0.29, 0.717) is 17.5 Å². The second-order valence-electron chi connectivity index (χ2n) is 14.9. The van der Waals surface area contributed by atoms with Crippen molar-refractivity contribution in [2.45, 2.75) is 18.3 Å². The zero-order valence-electron chi connectivity index (χ0n) is 30.4. The number of hydrogen-bond acceptors (Lipinski definition) is 4. The Balaban J connectivity index is 1.06. The molecule has 0 amide bonds. The summed E-state index contributed by atoms with van der Waals surface area (Å²) < 4.78 is 6.75. The Morgan fingerprint density at radius 3 is 1.80 bits per heavy atom. The predicted molar refractivity (Wildman–Crippen MR) is 226 cm³/mol. The van der Waals surface area contributed by atoms with Crippen molar-refractivity contribution < 1.29 is 4.42 Å². The molecule has 0 saturated heterocycles. The van der Waals surface area contributed by atoms with Gasteiger partial charge in [0, 0.05) is 33.0 Å². The fourth-order valence-electron chi connectivity index (χ4n) is 9.81. The number of hydrogen-bond donors (Lipinski definition) is 0. The molecular weight excluding hydrogens is 683 g/mol. The molecule has 2 heterocycles. The Morgan fingerprint density at radius 2 is 1.05 bits per heavy atom. The van der Waals surface area contributed by atoms with Crippen LogP contribution in [0.25, 0.3) is 78.4 Å². The summed E-state index contributed by atoms with van der Waals surface area (Å²) >= 11 is 0. The third-order valence-electron chi connectivity index (χ3n) is 12.0. The van der Waals surface area contributed by atoms with E-state index in [1.165, 1.54) is 50.1 Å². The number of para-hydroxylation sites is 1. The van der Waals surface area contributed by atoms with Gasteiger partial charge in [-0.05, 0) is 75.1 Å². The Labute approximate surface area is 324 Å². The first kappa shape index (κ1) is 31.2. The molecule has 7 aromatic carbocycles. The van der Waals surface area contributed by atoms with Gasteiger partial charge >= 0.3 is 0 Å². The zero-order chi connectivity index (χ0) is 36.8. The van der Waals surface area contributed by atoms with Crippen molar-refractivity contribution in [1.29, 1.82) is 0 Å². The SMILES string of the molecule is C1=C(c2cccc(-c3nc(-c4ccccc4)nc(-c4ccccc4)n3)c2)C2=C(CC1)C1(c3ccccc32)c2ccccc2-c2c1ccc1c2oc2ccccc21. The maximum Gasteiger partial charge on any atom is 0.164 e. The van der Waals surface area contributed by atoms with Crippen LogP contribution in [-0.2, 0) is 5.41 Å². The van der Waals surface area contributed by atoms with E-state index in [1.54, 1.807) is 0 Å². The molecule has 12 rings (SSSR count). The van der Waals surface area contributed by atoms with Crippen molar-refractivity contribution in [3.05, 3.63) is 209 Å². The third-order valence-corrected chi connectivity index (χ3v) is 12.0. The van der Waals surface area contributed by atoms with Crippen LogP contribution in [0.1, 0.15) is 40.7 Å². The molecule has 9 aromatic rings. The number of nitrogens with zero attached hydrogens (tertiary/aromatic N) is 3. The highest BCUT2D eigenvalue weighted by Gasteiger charge is 2.54. The number of rotatable bonds is 4. The normalized spacial score (nSPS) is 16.5. The zero-order valence-corrected chi connectivity index (χ0v) is 30.4. The van der Waals surface area contributed by atoms with Crippen LogP contribution < -0.4 is 0 Å². The molecule has 0 radical (unpaired) electrons. The summed E-state index contributed by atoms with van der Waals surface area (Å²) in [5.74, 6) is 1.97. The summed E-state index contributed by atoms with van der Waals surface area (Å²) in [5, 5.41) is 2.32. The lowest BCUT2D eigenvalue weighted by Gasteiger charge is -2.33. The van der Waals surface area contributed by atoms with Crippen LogP contribution in [0.15, 0.2) is 186 Å². The molecule has 0 saturated carbocycles. The highest BCUT2D eigenvalue weighted by atomic mass is 16.3. The number of fused-ring (bicyclic) bond motifs is 13. The van der Waals surface area contributed by atoms with Crippen molar-refractivity contribution in [2.24, 2.45) is 0 Å². The highest BCUT2D eigenvalue weighted by Crippen LogP contribution is 2.66. The van der Waals surface area contributed by atoms with E-state index in [4.69, 9.17) is 19.4 Å². The Bertz CT molecular complexity index is 3080. The van der Waals surface area contributed by atoms with E-state index in [9.17, 15) is 0 Å². The first-order valence-corrected chi connectivity index (χ1v) is 19.3. The van der Waals surface area contributed by atoms with E-state index in [-0.39, 0.29) is 0 Å². The average Bonchev–Trinajstić information content (AvgIpc) is 3.91. The van der Waals surface area contributed by atoms with Crippen LogP contribution in [0.3, 0.4) is 0 Å². The lowest BCUT2D eigenvalue weighted by atomic mass is 9.67. The molecule has 2 aromatic heterocycles. The first-order valence-electron chi connectivity index (χ1n) is 19.3. The summed E-state index contributed by atoms with van der Waals surface area (Å²) in [6.45, 7) is 0. The number of benzene rings is 7. The monoisotopic (exact) mass is 715 g/mol. The second-order valence-corrected chi connectivity index (χ2v) is 14.9. The summed E-state index contributed by atoms with van der Waals surface area (Å²) in [4.78, 5) is 15.1. The fourth-order valence-corrected chi connectivity index (χ4v) is 9.81. The van der Waals surface area contributed by atoms with Gasteiger partial charge in [-0.2, -0.15) is 0 Å². The molecular formula is C52H33N3O. The number of allylic oxidation sites excluding steroid dienone is 4. The van der Waals surface area contributed by atoms with Crippen molar-refractivity contribution in [1.82, 2.24) is 15.0 Å². The molecule has 1 unspecified atom stereocenters. The summed E-state index contributed by atoms with van der Waals surface area (Å²) in [5.41, 5.74) is 17.3. The molecule has 1 spiro atoms. The van der Waals surface area contributed by atoms with Gasteiger partial charge in [-0.3, -0.25) is 0 Å². The standard InChI is InChI=1S/C52H33N3O/c1-3-15-32(16-4-1)49-53-50(33-17-5-2-6-18-33)55-51(54-49)35-20-13-19-34(31-35)36-24-14-27-43-46(36)39-22-7-10-25-41(39)52(43)42-26-11-8-23-40(42)47-44(52)30-29-38-37-21-9-12-28-45(37)56-48(38)47/h1-13,15-26,28-31H,14,27H2. The largest absolute Gasteiger partial charge is 0.455 e. The van der Waals surface area contributed by atoms with Crippen LogP contribution in [0.2, 0.25) is 0 Å². The first-order chi connectivity index (χ1) is 27.8. The number of aromatic nitrogens is 3. The molecule has 0 fully saturated rings. The van der Waals surface area contributed by atoms with Crippen molar-refractivity contribution in [3.63, 3.8) is 0 Å². The van der Waals surface area contributed by atoms with Crippen LogP contribution in [0, 0.1) is 0 Å². The van der Waals surface area contributed by atoms with E-state index in [2.05, 4.69) is 140 Å². The molecule has 3 aliphatic carbocycles. The van der Waals surface area contributed by atoms with E-state index < -0.39 is 5.41 Å². The maximum atomic E-state index is 6.75. The van der Waals surface area contributed by atoms with Crippen molar-refractivity contribution in [3.8, 4) is 45.3 Å². The van der Waals surface area contributed by atoms with E-state index in [1.807, 2.05) is 36.4 Å². The molecule has 262 valence electrons. The van der Waals surface area contributed by atoms with Gasteiger partial charge in [0.2, 0.25) is 0 Å². The topological polar surface area (TPSA) is 51.8 Å². The minimum Gasteiger partial charge on any atom is -0.455 e. The molecule has 0 aliphatic heterocycles.